The first-order valence-corrected chi connectivity index (χ1v) is 6.68. The summed E-state index contributed by atoms with van der Waals surface area (Å²) in [5.41, 5.74) is -0.447. The van der Waals surface area contributed by atoms with E-state index in [1.165, 1.54) is 0 Å². The van der Waals surface area contributed by atoms with Gasteiger partial charge >= 0.3 is 0 Å². The fourth-order valence-corrected chi connectivity index (χ4v) is 1.52. The minimum absolute atomic E-state index is 0.170. The lowest BCUT2D eigenvalue weighted by Gasteiger charge is -2.30. The largest absolute Gasteiger partial charge is 0.491 e. The molecule has 1 aromatic carbocycles. The predicted molar refractivity (Wildman–Crippen MR) is 76.7 cm³/mol. The zero-order chi connectivity index (χ0) is 14.5. The van der Waals surface area contributed by atoms with Gasteiger partial charge in [-0.2, -0.15) is 0 Å². The van der Waals surface area contributed by atoms with E-state index in [1.807, 2.05) is 13.8 Å². The van der Waals surface area contributed by atoms with Crippen LogP contribution in [0.5, 0.6) is 5.75 Å². The summed E-state index contributed by atoms with van der Waals surface area (Å²) in [6.07, 6.45) is -1.16. The number of ether oxygens (including phenoxy) is 1. The number of rotatable bonds is 7. The average molecular weight is 288 g/mol. The van der Waals surface area contributed by atoms with Gasteiger partial charge in [-0.25, -0.2) is 0 Å². The zero-order valence-electron chi connectivity index (χ0n) is 11.6. The Morgan fingerprint density at radius 3 is 2.63 bits per heavy atom. The first-order chi connectivity index (χ1) is 8.81. The molecule has 0 aromatic heterocycles. The minimum Gasteiger partial charge on any atom is -0.491 e. The summed E-state index contributed by atoms with van der Waals surface area (Å²) in [6, 6.07) is 7.03. The maximum absolute atomic E-state index is 9.82. The number of hydrogen-bond donors (Lipinski definition) is 3. The van der Waals surface area contributed by atoms with Gasteiger partial charge in [-0.3, -0.25) is 0 Å². The molecule has 1 aromatic rings. The molecule has 0 saturated heterocycles. The zero-order valence-corrected chi connectivity index (χ0v) is 12.3. The molecule has 2 atom stereocenters. The van der Waals surface area contributed by atoms with E-state index in [9.17, 15) is 10.2 Å². The fraction of sp³-hybridized carbons (Fsp3) is 0.571. The summed E-state index contributed by atoms with van der Waals surface area (Å²) >= 11 is 5.83. The number of nitrogens with one attached hydrogen (secondary N) is 1. The summed E-state index contributed by atoms with van der Waals surface area (Å²) in [7, 11) is 0. The molecule has 108 valence electrons. The van der Waals surface area contributed by atoms with E-state index in [2.05, 4.69) is 5.32 Å². The van der Waals surface area contributed by atoms with Crippen LogP contribution in [0.2, 0.25) is 5.02 Å². The minimum atomic E-state index is -0.656. The van der Waals surface area contributed by atoms with Crippen LogP contribution in [0.4, 0.5) is 0 Å². The van der Waals surface area contributed by atoms with Gasteiger partial charge in [0.1, 0.15) is 18.5 Å². The summed E-state index contributed by atoms with van der Waals surface area (Å²) in [5, 5.41) is 23.1. The molecule has 0 bridgehead atoms. The Kier molecular flexibility index (Phi) is 6.07. The Morgan fingerprint density at radius 1 is 1.37 bits per heavy atom. The highest BCUT2D eigenvalue weighted by Crippen LogP contribution is 2.17. The Bertz CT molecular complexity index is 396. The second-order valence-electron chi connectivity index (χ2n) is 5.20. The van der Waals surface area contributed by atoms with Crippen LogP contribution < -0.4 is 10.1 Å². The summed E-state index contributed by atoms with van der Waals surface area (Å²) in [6.45, 7) is 5.98. The standard InChI is InChI=1S/C14H22ClNO3/c1-10(17)14(2,3)16-8-12(18)9-19-13-6-4-5-11(15)7-13/h4-7,10,12,16-18H,8-9H2,1-3H3. The number of β-amino-alcohol motifs (C(OH)–C–C–N with tert-alkyl or cyclic N) is 1. The maximum atomic E-state index is 9.82. The quantitative estimate of drug-likeness (QED) is 0.716. The molecule has 0 fully saturated rings. The monoisotopic (exact) mass is 287 g/mol. The summed E-state index contributed by atoms with van der Waals surface area (Å²) in [4.78, 5) is 0. The van der Waals surface area contributed by atoms with E-state index in [0.29, 0.717) is 17.3 Å². The molecule has 0 spiro atoms. The number of aliphatic hydroxyl groups is 2. The molecule has 0 aliphatic heterocycles. The molecule has 19 heavy (non-hydrogen) atoms. The van der Waals surface area contributed by atoms with Gasteiger partial charge in [-0.05, 0) is 39.0 Å². The van der Waals surface area contributed by atoms with Crippen molar-refractivity contribution >= 4 is 11.6 Å². The topological polar surface area (TPSA) is 61.7 Å². The van der Waals surface area contributed by atoms with E-state index in [4.69, 9.17) is 16.3 Å². The molecule has 0 heterocycles. The van der Waals surface area contributed by atoms with Crippen LogP contribution >= 0.6 is 11.6 Å². The van der Waals surface area contributed by atoms with Crippen molar-refractivity contribution < 1.29 is 14.9 Å². The lowest BCUT2D eigenvalue weighted by molar-refractivity contribution is 0.0648. The smallest absolute Gasteiger partial charge is 0.120 e. The first kappa shape index (κ1) is 16.2. The third-order valence-corrected chi connectivity index (χ3v) is 3.31. The van der Waals surface area contributed by atoms with Gasteiger partial charge in [0.2, 0.25) is 0 Å². The van der Waals surface area contributed by atoms with E-state index in [-0.39, 0.29) is 6.61 Å². The van der Waals surface area contributed by atoms with Crippen molar-refractivity contribution in [2.45, 2.75) is 38.5 Å². The van der Waals surface area contributed by atoms with Gasteiger partial charge in [0.15, 0.2) is 0 Å². The van der Waals surface area contributed by atoms with Crippen molar-refractivity contribution in [1.82, 2.24) is 5.32 Å². The van der Waals surface area contributed by atoms with Crippen LogP contribution in [-0.2, 0) is 0 Å². The van der Waals surface area contributed by atoms with Crippen LogP contribution in [0.1, 0.15) is 20.8 Å². The van der Waals surface area contributed by atoms with Crippen molar-refractivity contribution in [1.29, 1.82) is 0 Å². The van der Waals surface area contributed by atoms with E-state index >= 15 is 0 Å². The number of hydrogen-bond acceptors (Lipinski definition) is 4. The summed E-state index contributed by atoms with van der Waals surface area (Å²) < 4.78 is 5.44. The molecule has 0 radical (unpaired) electrons. The molecule has 0 aliphatic carbocycles. The average Bonchev–Trinajstić information content (AvgIpc) is 2.34. The third kappa shape index (κ3) is 5.78. The van der Waals surface area contributed by atoms with Crippen LogP contribution in [0, 0.1) is 0 Å². The number of halogens is 1. The van der Waals surface area contributed by atoms with Gasteiger partial charge in [0.05, 0.1) is 6.10 Å². The van der Waals surface area contributed by atoms with Crippen molar-refractivity contribution in [3.8, 4) is 5.75 Å². The van der Waals surface area contributed by atoms with Crippen LogP contribution in [0.15, 0.2) is 24.3 Å². The van der Waals surface area contributed by atoms with Gasteiger partial charge in [0.25, 0.3) is 0 Å². The van der Waals surface area contributed by atoms with Gasteiger partial charge < -0.3 is 20.3 Å². The maximum Gasteiger partial charge on any atom is 0.120 e. The molecular formula is C14H22ClNO3. The lowest BCUT2D eigenvalue weighted by atomic mass is 9.99. The van der Waals surface area contributed by atoms with E-state index in [1.54, 1.807) is 31.2 Å². The third-order valence-electron chi connectivity index (χ3n) is 3.08. The normalized spacial score (nSPS) is 15.1. The molecule has 0 amide bonds. The van der Waals surface area contributed by atoms with Crippen LogP contribution in [-0.4, -0.2) is 41.1 Å². The van der Waals surface area contributed by atoms with E-state index < -0.39 is 17.7 Å². The van der Waals surface area contributed by atoms with Crippen molar-refractivity contribution in [3.63, 3.8) is 0 Å². The van der Waals surface area contributed by atoms with Gasteiger partial charge in [-0.15, -0.1) is 0 Å². The Hall–Kier alpha value is -0.810. The van der Waals surface area contributed by atoms with Crippen molar-refractivity contribution in [2.75, 3.05) is 13.2 Å². The molecule has 2 unspecified atom stereocenters. The van der Waals surface area contributed by atoms with Crippen LogP contribution in [0.25, 0.3) is 0 Å². The SMILES string of the molecule is CC(O)C(C)(C)NCC(O)COc1cccc(Cl)c1. The molecular weight excluding hydrogens is 266 g/mol. The highest BCUT2D eigenvalue weighted by atomic mass is 35.5. The second-order valence-corrected chi connectivity index (χ2v) is 5.64. The lowest BCUT2D eigenvalue weighted by Crippen LogP contribution is -2.51. The van der Waals surface area contributed by atoms with Gasteiger partial charge in [-0.1, -0.05) is 17.7 Å². The molecule has 0 saturated carbocycles. The molecule has 4 nitrogen and oxygen atoms in total. The highest BCUT2D eigenvalue weighted by molar-refractivity contribution is 6.30. The Labute approximate surface area is 119 Å². The summed E-state index contributed by atoms with van der Waals surface area (Å²) in [5.74, 6) is 0.626. The van der Waals surface area contributed by atoms with E-state index in [0.717, 1.165) is 0 Å². The molecule has 5 heteroatoms. The molecule has 3 N–H and O–H groups in total. The van der Waals surface area contributed by atoms with Crippen molar-refractivity contribution in [3.05, 3.63) is 29.3 Å². The molecule has 1 rings (SSSR count). The van der Waals surface area contributed by atoms with Crippen molar-refractivity contribution in [2.24, 2.45) is 0 Å². The first-order valence-electron chi connectivity index (χ1n) is 6.31. The number of aliphatic hydroxyl groups excluding tert-OH is 2. The van der Waals surface area contributed by atoms with Gasteiger partial charge in [0, 0.05) is 17.1 Å². The van der Waals surface area contributed by atoms with Crippen LogP contribution in [0.3, 0.4) is 0 Å². The predicted octanol–water partition coefficient (Wildman–Crippen LogP) is 1.83. The fourth-order valence-electron chi connectivity index (χ4n) is 1.34. The molecule has 0 aliphatic rings. The number of benzene rings is 1. The second kappa shape index (κ2) is 7.10. The highest BCUT2D eigenvalue weighted by Gasteiger charge is 2.24. The Morgan fingerprint density at radius 2 is 2.05 bits per heavy atom. The Balaban J connectivity index is 2.34.